The first kappa shape index (κ1) is 19.1. The normalized spacial score (nSPS) is 20.5. The smallest absolute Gasteiger partial charge is 0.329 e. The molecule has 1 fully saturated rings. The Labute approximate surface area is 152 Å². The van der Waals surface area contributed by atoms with Crippen molar-refractivity contribution in [1.82, 2.24) is 4.90 Å². The van der Waals surface area contributed by atoms with Crippen LogP contribution in [0.4, 0.5) is 0 Å². The van der Waals surface area contributed by atoms with Crippen LogP contribution in [0.1, 0.15) is 44.0 Å². The molecular weight excluding hydrogens is 346 g/mol. The molecule has 4 nitrogen and oxygen atoms in total. The zero-order chi connectivity index (χ0) is 17.7. The second-order valence-corrected chi connectivity index (χ2v) is 7.93. The van der Waals surface area contributed by atoms with Crippen molar-refractivity contribution in [2.45, 2.75) is 45.0 Å². The summed E-state index contributed by atoms with van der Waals surface area (Å²) in [5, 5.41) is 0.388. The molecule has 2 atom stereocenters. The summed E-state index contributed by atoms with van der Waals surface area (Å²) in [5.74, 6) is 0.311. The van der Waals surface area contributed by atoms with Crippen molar-refractivity contribution >= 4 is 35.2 Å². The van der Waals surface area contributed by atoms with Crippen LogP contribution in [0, 0.1) is 5.92 Å². The first-order valence-corrected chi connectivity index (χ1v) is 9.73. The van der Waals surface area contributed by atoms with E-state index in [0.29, 0.717) is 22.9 Å². The van der Waals surface area contributed by atoms with E-state index >= 15 is 0 Å². The molecule has 24 heavy (non-hydrogen) atoms. The number of ether oxygens (including phenoxy) is 1. The molecule has 6 heteroatoms. The second-order valence-electron chi connectivity index (χ2n) is 6.31. The van der Waals surface area contributed by atoms with Gasteiger partial charge in [-0.15, -0.1) is 11.8 Å². The summed E-state index contributed by atoms with van der Waals surface area (Å²) in [4.78, 5) is 27.2. The quantitative estimate of drug-likeness (QED) is 0.704. The van der Waals surface area contributed by atoms with Crippen LogP contribution in [0.3, 0.4) is 0 Å². The van der Waals surface area contributed by atoms with Gasteiger partial charge in [-0.3, -0.25) is 4.79 Å². The first-order chi connectivity index (χ1) is 11.5. The standard InChI is InChI=1S/C18H24ClNO3S/c1-4-7-16-20(17(21)13-8-5-6-9-14(13)19)15(11-24-16)18(22)23-10-12(2)3/h5-6,8-9,12,15-16H,4,7,10-11H2,1-3H3/t15-,16+/m0/s1. The van der Waals surface area contributed by atoms with Gasteiger partial charge in [0.2, 0.25) is 0 Å². The van der Waals surface area contributed by atoms with Crippen LogP contribution < -0.4 is 0 Å². The molecule has 1 aliphatic rings. The maximum Gasteiger partial charge on any atom is 0.329 e. The Morgan fingerprint density at radius 3 is 2.71 bits per heavy atom. The topological polar surface area (TPSA) is 46.6 Å². The van der Waals surface area contributed by atoms with Gasteiger partial charge in [-0.25, -0.2) is 4.79 Å². The van der Waals surface area contributed by atoms with E-state index in [1.54, 1.807) is 40.9 Å². The number of nitrogens with zero attached hydrogens (tertiary/aromatic N) is 1. The monoisotopic (exact) mass is 369 g/mol. The van der Waals surface area contributed by atoms with Crippen LogP contribution >= 0.6 is 23.4 Å². The first-order valence-electron chi connectivity index (χ1n) is 8.31. The van der Waals surface area contributed by atoms with Crippen molar-refractivity contribution in [3.05, 3.63) is 34.9 Å². The molecule has 1 amide bonds. The highest BCUT2D eigenvalue weighted by Crippen LogP contribution is 2.35. The van der Waals surface area contributed by atoms with Gasteiger partial charge >= 0.3 is 5.97 Å². The molecule has 1 heterocycles. The maximum absolute atomic E-state index is 13.0. The van der Waals surface area contributed by atoms with Crippen molar-refractivity contribution in [3.8, 4) is 0 Å². The molecule has 0 aliphatic carbocycles. The Bertz CT molecular complexity index is 593. The molecule has 132 valence electrons. The number of hydrogen-bond acceptors (Lipinski definition) is 4. The lowest BCUT2D eigenvalue weighted by Crippen LogP contribution is -2.46. The van der Waals surface area contributed by atoms with Crippen molar-refractivity contribution in [1.29, 1.82) is 0 Å². The Hall–Kier alpha value is -1.20. The van der Waals surface area contributed by atoms with Crippen LogP contribution in [0.15, 0.2) is 24.3 Å². The van der Waals surface area contributed by atoms with Crippen LogP contribution in [0.2, 0.25) is 5.02 Å². The zero-order valence-corrected chi connectivity index (χ0v) is 15.9. The molecule has 0 saturated carbocycles. The Balaban J connectivity index is 2.23. The van der Waals surface area contributed by atoms with Gasteiger partial charge in [0.1, 0.15) is 6.04 Å². The van der Waals surface area contributed by atoms with E-state index in [0.717, 1.165) is 12.8 Å². The fourth-order valence-electron chi connectivity index (χ4n) is 2.61. The summed E-state index contributed by atoms with van der Waals surface area (Å²) in [7, 11) is 0. The Morgan fingerprint density at radius 1 is 1.38 bits per heavy atom. The number of rotatable bonds is 6. The molecule has 0 spiro atoms. The second kappa shape index (κ2) is 8.77. The number of benzene rings is 1. The highest BCUT2D eigenvalue weighted by Gasteiger charge is 2.42. The van der Waals surface area contributed by atoms with Gasteiger partial charge in [-0.05, 0) is 24.5 Å². The third-order valence-electron chi connectivity index (χ3n) is 3.80. The molecular formula is C18H24ClNO3S. The van der Waals surface area contributed by atoms with Gasteiger partial charge in [0.15, 0.2) is 0 Å². The maximum atomic E-state index is 13.0. The summed E-state index contributed by atoms with van der Waals surface area (Å²) >= 11 is 7.82. The fourth-order valence-corrected chi connectivity index (χ4v) is 4.33. The van der Waals surface area contributed by atoms with Gasteiger partial charge in [0, 0.05) is 5.75 Å². The third-order valence-corrected chi connectivity index (χ3v) is 5.48. The van der Waals surface area contributed by atoms with Crippen LogP contribution in [0.5, 0.6) is 0 Å². The molecule has 1 aromatic carbocycles. The number of carbonyl (C=O) groups is 2. The van der Waals surface area contributed by atoms with Crippen LogP contribution in [-0.2, 0) is 9.53 Å². The number of carbonyl (C=O) groups excluding carboxylic acids is 2. The number of hydrogen-bond donors (Lipinski definition) is 0. The van der Waals surface area contributed by atoms with Gasteiger partial charge < -0.3 is 9.64 Å². The van der Waals surface area contributed by atoms with E-state index in [4.69, 9.17) is 16.3 Å². The van der Waals surface area contributed by atoms with E-state index < -0.39 is 6.04 Å². The molecule has 1 aliphatic heterocycles. The highest BCUT2D eigenvalue weighted by atomic mass is 35.5. The lowest BCUT2D eigenvalue weighted by molar-refractivity contribution is -0.149. The molecule has 0 bridgehead atoms. The largest absolute Gasteiger partial charge is 0.464 e. The number of esters is 1. The van der Waals surface area contributed by atoms with Gasteiger partial charge in [0.05, 0.1) is 22.6 Å². The average Bonchev–Trinajstić information content (AvgIpc) is 2.96. The van der Waals surface area contributed by atoms with Gasteiger partial charge in [-0.2, -0.15) is 0 Å². The molecule has 0 radical (unpaired) electrons. The minimum Gasteiger partial charge on any atom is -0.464 e. The summed E-state index contributed by atoms with van der Waals surface area (Å²) < 4.78 is 5.38. The van der Waals surface area contributed by atoms with Crippen LogP contribution in [-0.4, -0.2) is 40.6 Å². The SMILES string of the molecule is CCC[C@H]1SC[C@@H](C(=O)OCC(C)C)N1C(=O)c1ccccc1Cl. The highest BCUT2D eigenvalue weighted by molar-refractivity contribution is 8.00. The summed E-state index contributed by atoms with van der Waals surface area (Å²) in [6, 6.07) is 6.42. The molecule has 0 unspecified atom stereocenters. The zero-order valence-electron chi connectivity index (χ0n) is 14.3. The van der Waals surface area contributed by atoms with E-state index in [1.807, 2.05) is 13.8 Å². The molecule has 2 rings (SSSR count). The van der Waals surface area contributed by atoms with Crippen molar-refractivity contribution in [2.24, 2.45) is 5.92 Å². The molecule has 0 aromatic heterocycles. The molecule has 1 saturated heterocycles. The summed E-state index contributed by atoms with van der Waals surface area (Å²) in [6.07, 6.45) is 1.78. The molecule has 1 aromatic rings. The lowest BCUT2D eigenvalue weighted by atomic mass is 10.1. The Morgan fingerprint density at radius 2 is 2.08 bits per heavy atom. The number of amides is 1. The van der Waals surface area contributed by atoms with E-state index in [2.05, 4.69) is 6.92 Å². The van der Waals surface area contributed by atoms with Gasteiger partial charge in [0.25, 0.3) is 5.91 Å². The predicted molar refractivity (Wildman–Crippen MR) is 98.4 cm³/mol. The minimum atomic E-state index is -0.547. The summed E-state index contributed by atoms with van der Waals surface area (Å²) in [5.41, 5.74) is 0.435. The summed E-state index contributed by atoms with van der Waals surface area (Å²) in [6.45, 7) is 6.42. The van der Waals surface area contributed by atoms with Gasteiger partial charge in [-0.1, -0.05) is 50.9 Å². The average molecular weight is 370 g/mol. The van der Waals surface area contributed by atoms with Crippen molar-refractivity contribution in [2.75, 3.05) is 12.4 Å². The van der Waals surface area contributed by atoms with Crippen LogP contribution in [0.25, 0.3) is 0 Å². The lowest BCUT2D eigenvalue weighted by Gasteiger charge is -2.28. The van der Waals surface area contributed by atoms with E-state index in [9.17, 15) is 9.59 Å². The Kier molecular flexibility index (Phi) is 6.99. The fraction of sp³-hybridized carbons (Fsp3) is 0.556. The minimum absolute atomic E-state index is 0.0182. The predicted octanol–water partition coefficient (Wildman–Crippen LogP) is 4.22. The number of thioether (sulfide) groups is 1. The van der Waals surface area contributed by atoms with E-state index in [1.165, 1.54) is 0 Å². The molecule has 0 N–H and O–H groups in total. The van der Waals surface area contributed by atoms with E-state index in [-0.39, 0.29) is 23.2 Å². The number of halogens is 1. The van der Waals surface area contributed by atoms with Crippen molar-refractivity contribution in [3.63, 3.8) is 0 Å². The third kappa shape index (κ3) is 4.45. The van der Waals surface area contributed by atoms with Crippen molar-refractivity contribution < 1.29 is 14.3 Å².